The van der Waals surface area contributed by atoms with E-state index in [0.29, 0.717) is 11.9 Å². The standard InChI is InChI=1S/C12H19N5/c1-9-14-11(13)7-12(15-9)17-6-5-16-4-2-3-10(16)8-17/h7,10H,2-6,8H2,1H3,(H2,13,14,15). The van der Waals surface area contributed by atoms with Crippen molar-refractivity contribution in [3.8, 4) is 0 Å². The molecule has 1 atom stereocenters. The first-order valence-electron chi connectivity index (χ1n) is 6.32. The number of piperazine rings is 1. The zero-order valence-electron chi connectivity index (χ0n) is 10.3. The fourth-order valence-electron chi connectivity index (χ4n) is 2.94. The van der Waals surface area contributed by atoms with Gasteiger partial charge in [0, 0.05) is 31.7 Å². The number of rotatable bonds is 1. The van der Waals surface area contributed by atoms with Crippen LogP contribution in [0.2, 0.25) is 0 Å². The normalized spacial score (nSPS) is 25.0. The molecule has 0 bridgehead atoms. The monoisotopic (exact) mass is 233 g/mol. The Bertz CT molecular complexity index is 399. The van der Waals surface area contributed by atoms with Gasteiger partial charge in [-0.05, 0) is 26.3 Å². The predicted octanol–water partition coefficient (Wildman–Crippen LogP) is 0.652. The lowest BCUT2D eigenvalue weighted by Crippen LogP contribution is -2.50. The van der Waals surface area contributed by atoms with Gasteiger partial charge in [0.1, 0.15) is 17.5 Å². The SMILES string of the molecule is Cc1nc(N)cc(N2CCN3CCCC3C2)n1. The highest BCUT2D eigenvalue weighted by Crippen LogP contribution is 2.24. The second-order valence-electron chi connectivity index (χ2n) is 4.98. The molecule has 5 heteroatoms. The van der Waals surface area contributed by atoms with Crippen LogP contribution >= 0.6 is 0 Å². The second-order valence-corrected chi connectivity index (χ2v) is 4.98. The number of hydrogen-bond acceptors (Lipinski definition) is 5. The smallest absolute Gasteiger partial charge is 0.134 e. The van der Waals surface area contributed by atoms with Crippen molar-refractivity contribution in [3.05, 3.63) is 11.9 Å². The van der Waals surface area contributed by atoms with E-state index in [1.165, 1.54) is 19.4 Å². The van der Waals surface area contributed by atoms with E-state index in [1.807, 2.05) is 13.0 Å². The number of aryl methyl sites for hydroxylation is 1. The van der Waals surface area contributed by atoms with Crippen LogP contribution < -0.4 is 10.6 Å². The first kappa shape index (κ1) is 10.8. The molecule has 92 valence electrons. The molecule has 0 amide bonds. The van der Waals surface area contributed by atoms with Crippen molar-refractivity contribution in [1.29, 1.82) is 0 Å². The van der Waals surface area contributed by atoms with Gasteiger partial charge in [-0.3, -0.25) is 4.90 Å². The third kappa shape index (κ3) is 2.07. The summed E-state index contributed by atoms with van der Waals surface area (Å²) in [5, 5.41) is 0. The Balaban J connectivity index is 1.80. The number of anilines is 2. The molecule has 0 spiro atoms. The lowest BCUT2D eigenvalue weighted by atomic mass is 10.1. The number of fused-ring (bicyclic) bond motifs is 1. The number of hydrogen-bond donors (Lipinski definition) is 1. The third-order valence-corrected chi connectivity index (χ3v) is 3.76. The van der Waals surface area contributed by atoms with Crippen LogP contribution in [-0.4, -0.2) is 47.1 Å². The van der Waals surface area contributed by atoms with E-state index >= 15 is 0 Å². The van der Waals surface area contributed by atoms with Crippen molar-refractivity contribution >= 4 is 11.6 Å². The summed E-state index contributed by atoms with van der Waals surface area (Å²) in [6.45, 7) is 6.44. The highest BCUT2D eigenvalue weighted by atomic mass is 15.3. The van der Waals surface area contributed by atoms with Crippen LogP contribution in [0, 0.1) is 6.92 Å². The zero-order chi connectivity index (χ0) is 11.8. The van der Waals surface area contributed by atoms with Crippen molar-refractivity contribution in [1.82, 2.24) is 14.9 Å². The summed E-state index contributed by atoms with van der Waals surface area (Å²) in [4.78, 5) is 13.5. The Kier molecular flexibility index (Phi) is 2.63. The highest BCUT2D eigenvalue weighted by molar-refractivity contribution is 5.47. The van der Waals surface area contributed by atoms with E-state index in [-0.39, 0.29) is 0 Å². The lowest BCUT2D eigenvalue weighted by molar-refractivity contribution is 0.230. The molecule has 1 aromatic heterocycles. The van der Waals surface area contributed by atoms with Gasteiger partial charge >= 0.3 is 0 Å². The van der Waals surface area contributed by atoms with E-state index in [9.17, 15) is 0 Å². The first-order chi connectivity index (χ1) is 8.22. The Labute approximate surface area is 102 Å². The van der Waals surface area contributed by atoms with E-state index in [1.54, 1.807) is 0 Å². The summed E-state index contributed by atoms with van der Waals surface area (Å²) >= 11 is 0. The molecule has 0 aliphatic carbocycles. The summed E-state index contributed by atoms with van der Waals surface area (Å²) < 4.78 is 0. The van der Waals surface area contributed by atoms with Crippen LogP contribution in [0.4, 0.5) is 11.6 Å². The maximum absolute atomic E-state index is 5.78. The predicted molar refractivity (Wildman–Crippen MR) is 68.0 cm³/mol. The molecule has 0 saturated carbocycles. The Morgan fingerprint density at radius 1 is 1.29 bits per heavy atom. The van der Waals surface area contributed by atoms with Crippen molar-refractivity contribution in [2.75, 3.05) is 36.8 Å². The summed E-state index contributed by atoms with van der Waals surface area (Å²) in [7, 11) is 0. The van der Waals surface area contributed by atoms with Crippen LogP contribution in [0.1, 0.15) is 18.7 Å². The molecule has 0 radical (unpaired) electrons. The topological polar surface area (TPSA) is 58.3 Å². The molecule has 17 heavy (non-hydrogen) atoms. The minimum absolute atomic E-state index is 0.571. The lowest BCUT2D eigenvalue weighted by Gasteiger charge is -2.38. The van der Waals surface area contributed by atoms with Gasteiger partial charge in [0.05, 0.1) is 0 Å². The molecule has 2 fully saturated rings. The van der Waals surface area contributed by atoms with Gasteiger partial charge < -0.3 is 10.6 Å². The van der Waals surface area contributed by atoms with Crippen molar-refractivity contribution in [2.24, 2.45) is 0 Å². The van der Waals surface area contributed by atoms with Gasteiger partial charge in [-0.1, -0.05) is 0 Å². The molecule has 2 aliphatic rings. The molecular formula is C12H19N5. The summed E-state index contributed by atoms with van der Waals surface area (Å²) in [5.41, 5.74) is 5.78. The van der Waals surface area contributed by atoms with Gasteiger partial charge in [-0.2, -0.15) is 0 Å². The molecule has 2 aliphatic heterocycles. The van der Waals surface area contributed by atoms with Crippen LogP contribution in [0.15, 0.2) is 6.07 Å². The van der Waals surface area contributed by atoms with Gasteiger partial charge in [-0.15, -0.1) is 0 Å². The van der Waals surface area contributed by atoms with Gasteiger partial charge in [0.25, 0.3) is 0 Å². The quantitative estimate of drug-likeness (QED) is 0.772. The van der Waals surface area contributed by atoms with E-state index in [0.717, 1.165) is 31.3 Å². The molecule has 2 saturated heterocycles. The summed E-state index contributed by atoms with van der Waals surface area (Å²) in [6.07, 6.45) is 2.65. The molecule has 5 nitrogen and oxygen atoms in total. The van der Waals surface area contributed by atoms with Crippen LogP contribution in [0.3, 0.4) is 0 Å². The number of aromatic nitrogens is 2. The molecule has 3 heterocycles. The largest absolute Gasteiger partial charge is 0.384 e. The third-order valence-electron chi connectivity index (χ3n) is 3.76. The maximum Gasteiger partial charge on any atom is 0.134 e. The Morgan fingerprint density at radius 3 is 3.00 bits per heavy atom. The van der Waals surface area contributed by atoms with Crippen LogP contribution in [-0.2, 0) is 0 Å². The van der Waals surface area contributed by atoms with E-state index in [2.05, 4.69) is 19.8 Å². The van der Waals surface area contributed by atoms with Gasteiger partial charge in [-0.25, -0.2) is 9.97 Å². The highest BCUT2D eigenvalue weighted by Gasteiger charge is 2.31. The first-order valence-corrected chi connectivity index (χ1v) is 6.32. The number of nitrogens with zero attached hydrogens (tertiary/aromatic N) is 4. The van der Waals surface area contributed by atoms with Gasteiger partial charge in [0.15, 0.2) is 0 Å². The average molecular weight is 233 g/mol. The molecular weight excluding hydrogens is 214 g/mol. The van der Waals surface area contributed by atoms with E-state index < -0.39 is 0 Å². The Hall–Kier alpha value is -1.36. The van der Waals surface area contributed by atoms with E-state index in [4.69, 9.17) is 5.73 Å². The molecule has 1 unspecified atom stereocenters. The fraction of sp³-hybridized carbons (Fsp3) is 0.667. The van der Waals surface area contributed by atoms with Crippen molar-refractivity contribution < 1.29 is 0 Å². The summed E-state index contributed by atoms with van der Waals surface area (Å²) in [5.74, 6) is 2.32. The molecule has 3 rings (SSSR count). The zero-order valence-corrected chi connectivity index (χ0v) is 10.3. The maximum atomic E-state index is 5.78. The fourth-order valence-corrected chi connectivity index (χ4v) is 2.94. The molecule has 2 N–H and O–H groups in total. The Morgan fingerprint density at radius 2 is 2.18 bits per heavy atom. The minimum atomic E-state index is 0.571. The molecule has 1 aromatic rings. The van der Waals surface area contributed by atoms with Crippen LogP contribution in [0.5, 0.6) is 0 Å². The second kappa shape index (κ2) is 4.14. The van der Waals surface area contributed by atoms with Crippen LogP contribution in [0.25, 0.3) is 0 Å². The average Bonchev–Trinajstić information content (AvgIpc) is 2.74. The number of nitrogen functional groups attached to an aromatic ring is 1. The van der Waals surface area contributed by atoms with Gasteiger partial charge in [0.2, 0.25) is 0 Å². The summed E-state index contributed by atoms with van der Waals surface area (Å²) in [6, 6.07) is 2.60. The number of nitrogens with two attached hydrogens (primary N) is 1. The van der Waals surface area contributed by atoms with Crippen molar-refractivity contribution in [3.63, 3.8) is 0 Å². The van der Waals surface area contributed by atoms with Crippen molar-refractivity contribution in [2.45, 2.75) is 25.8 Å². The minimum Gasteiger partial charge on any atom is -0.384 e. The molecule has 0 aromatic carbocycles.